The lowest BCUT2D eigenvalue weighted by molar-refractivity contribution is -0.128. The lowest BCUT2D eigenvalue weighted by atomic mass is 10.0. The first-order valence-corrected chi connectivity index (χ1v) is 11.5. The number of carbonyl (C=O) groups is 1. The van der Waals surface area contributed by atoms with Gasteiger partial charge in [0.05, 0.1) is 0 Å². The van der Waals surface area contributed by atoms with E-state index in [1.54, 1.807) is 0 Å². The van der Waals surface area contributed by atoms with E-state index in [9.17, 15) is 4.79 Å². The quantitative estimate of drug-likeness (QED) is 0.542. The standard InChI is InChI=1S/C27H32N2O2/c1-2-26(31-25-15-14-21-10-4-5-11-22(21)18-25)27(30)28-19-23-12-6-7-13-24(23)20-29-16-8-3-9-17-29/h4-7,10-15,18,26H,2-3,8-9,16-17,19-20H2,1H3,(H,28,30). The fraction of sp³-hybridized carbons (Fsp3) is 0.370. The van der Waals surface area contributed by atoms with E-state index in [4.69, 9.17) is 4.74 Å². The number of carbonyl (C=O) groups excluding carboxylic acids is 1. The van der Waals surface area contributed by atoms with Crippen LogP contribution in [-0.4, -0.2) is 30.0 Å². The van der Waals surface area contributed by atoms with Gasteiger partial charge in [0.1, 0.15) is 5.75 Å². The number of piperidine rings is 1. The Labute approximate surface area is 185 Å². The number of hydrogen-bond donors (Lipinski definition) is 1. The van der Waals surface area contributed by atoms with Crippen LogP contribution in [0, 0.1) is 0 Å². The highest BCUT2D eigenvalue weighted by Gasteiger charge is 2.19. The molecule has 1 aliphatic rings. The predicted octanol–water partition coefficient (Wildman–Crippen LogP) is 5.30. The molecule has 4 nitrogen and oxygen atoms in total. The summed E-state index contributed by atoms with van der Waals surface area (Å²) in [6.45, 7) is 5.79. The number of amides is 1. The minimum atomic E-state index is -0.504. The van der Waals surface area contributed by atoms with Crippen LogP contribution in [0.15, 0.2) is 66.7 Å². The number of fused-ring (bicyclic) bond motifs is 1. The molecule has 1 heterocycles. The molecule has 4 heteroatoms. The third kappa shape index (κ3) is 5.65. The molecule has 3 aromatic rings. The van der Waals surface area contributed by atoms with Crippen LogP contribution in [-0.2, 0) is 17.9 Å². The van der Waals surface area contributed by atoms with E-state index in [1.165, 1.54) is 30.4 Å². The van der Waals surface area contributed by atoms with Gasteiger partial charge in [-0.3, -0.25) is 9.69 Å². The highest BCUT2D eigenvalue weighted by Crippen LogP contribution is 2.22. The van der Waals surface area contributed by atoms with E-state index in [0.717, 1.165) is 36.2 Å². The average molecular weight is 417 g/mol. The molecule has 1 saturated heterocycles. The molecule has 4 rings (SSSR count). The van der Waals surface area contributed by atoms with Crippen LogP contribution in [0.4, 0.5) is 0 Å². The summed E-state index contributed by atoms with van der Waals surface area (Å²) in [5.41, 5.74) is 2.48. The van der Waals surface area contributed by atoms with Gasteiger partial charge in [-0.05, 0) is 66.4 Å². The molecule has 0 aliphatic carbocycles. The summed E-state index contributed by atoms with van der Waals surface area (Å²) in [5.74, 6) is 0.662. The molecule has 162 valence electrons. The second kappa shape index (κ2) is 10.5. The summed E-state index contributed by atoms with van der Waals surface area (Å²) in [4.78, 5) is 15.4. The third-order valence-corrected chi connectivity index (χ3v) is 6.08. The first kappa shape index (κ1) is 21.4. The molecular weight excluding hydrogens is 384 g/mol. The topological polar surface area (TPSA) is 41.6 Å². The zero-order valence-electron chi connectivity index (χ0n) is 18.3. The van der Waals surface area contributed by atoms with Crippen molar-refractivity contribution in [3.63, 3.8) is 0 Å². The van der Waals surface area contributed by atoms with Crippen molar-refractivity contribution in [3.05, 3.63) is 77.9 Å². The van der Waals surface area contributed by atoms with Crippen molar-refractivity contribution in [2.75, 3.05) is 13.1 Å². The maximum absolute atomic E-state index is 12.9. The van der Waals surface area contributed by atoms with Gasteiger partial charge in [0.15, 0.2) is 6.10 Å². The smallest absolute Gasteiger partial charge is 0.261 e. The van der Waals surface area contributed by atoms with Crippen LogP contribution in [0.1, 0.15) is 43.7 Å². The van der Waals surface area contributed by atoms with Crippen LogP contribution >= 0.6 is 0 Å². The molecular formula is C27H32N2O2. The molecule has 1 aliphatic heterocycles. The van der Waals surface area contributed by atoms with Gasteiger partial charge < -0.3 is 10.1 Å². The van der Waals surface area contributed by atoms with Gasteiger partial charge in [0, 0.05) is 13.1 Å². The summed E-state index contributed by atoms with van der Waals surface area (Å²) >= 11 is 0. The number of ether oxygens (including phenoxy) is 1. The molecule has 1 N–H and O–H groups in total. The normalized spacial score (nSPS) is 15.5. The van der Waals surface area contributed by atoms with Crippen LogP contribution in [0.2, 0.25) is 0 Å². The first-order chi connectivity index (χ1) is 15.2. The molecule has 0 saturated carbocycles. The van der Waals surface area contributed by atoms with Crippen LogP contribution < -0.4 is 10.1 Å². The van der Waals surface area contributed by atoms with Gasteiger partial charge in [0.2, 0.25) is 0 Å². The van der Waals surface area contributed by atoms with Gasteiger partial charge in [-0.15, -0.1) is 0 Å². The summed E-state index contributed by atoms with van der Waals surface area (Å²) in [6, 6.07) is 22.6. The van der Waals surface area contributed by atoms with Crippen LogP contribution in [0.25, 0.3) is 10.8 Å². The number of nitrogens with zero attached hydrogens (tertiary/aromatic N) is 1. The fourth-order valence-electron chi connectivity index (χ4n) is 4.27. The van der Waals surface area contributed by atoms with Crippen molar-refractivity contribution in [2.45, 2.75) is 51.8 Å². The van der Waals surface area contributed by atoms with E-state index >= 15 is 0 Å². The highest BCUT2D eigenvalue weighted by atomic mass is 16.5. The van der Waals surface area contributed by atoms with Crippen LogP contribution in [0.5, 0.6) is 5.75 Å². The molecule has 1 unspecified atom stereocenters. The Balaban J connectivity index is 1.37. The Hall–Kier alpha value is -2.85. The van der Waals surface area contributed by atoms with Crippen molar-refractivity contribution in [1.29, 1.82) is 0 Å². The Morgan fingerprint density at radius 3 is 2.42 bits per heavy atom. The monoisotopic (exact) mass is 416 g/mol. The SMILES string of the molecule is CCC(Oc1ccc2ccccc2c1)C(=O)NCc1ccccc1CN1CCCCC1. The highest BCUT2D eigenvalue weighted by molar-refractivity contribution is 5.84. The van der Waals surface area contributed by atoms with E-state index in [0.29, 0.717) is 13.0 Å². The Morgan fingerprint density at radius 1 is 0.935 bits per heavy atom. The molecule has 31 heavy (non-hydrogen) atoms. The van der Waals surface area contributed by atoms with E-state index in [-0.39, 0.29) is 5.91 Å². The maximum Gasteiger partial charge on any atom is 0.261 e. The minimum Gasteiger partial charge on any atom is -0.481 e. The average Bonchev–Trinajstić information content (AvgIpc) is 2.82. The summed E-state index contributed by atoms with van der Waals surface area (Å²) in [6.07, 6.45) is 4.01. The summed E-state index contributed by atoms with van der Waals surface area (Å²) < 4.78 is 6.05. The van der Waals surface area contributed by atoms with Gasteiger partial charge in [-0.2, -0.15) is 0 Å². The molecule has 0 spiro atoms. The number of rotatable bonds is 8. The molecule has 1 atom stereocenters. The van der Waals surface area contributed by atoms with E-state index in [1.807, 2.05) is 43.3 Å². The third-order valence-electron chi connectivity index (χ3n) is 6.08. The van der Waals surface area contributed by atoms with E-state index < -0.39 is 6.10 Å². The number of nitrogens with one attached hydrogen (secondary N) is 1. The van der Waals surface area contributed by atoms with Crippen LogP contribution in [0.3, 0.4) is 0 Å². The van der Waals surface area contributed by atoms with Gasteiger partial charge in [-0.1, -0.05) is 67.9 Å². The van der Waals surface area contributed by atoms with Crippen molar-refractivity contribution in [3.8, 4) is 5.75 Å². The second-order valence-electron chi connectivity index (χ2n) is 8.35. The van der Waals surface area contributed by atoms with Crippen molar-refractivity contribution < 1.29 is 9.53 Å². The number of hydrogen-bond acceptors (Lipinski definition) is 3. The Kier molecular flexibility index (Phi) is 7.21. The Morgan fingerprint density at radius 2 is 1.65 bits per heavy atom. The lowest BCUT2D eigenvalue weighted by Crippen LogP contribution is -2.38. The molecule has 0 radical (unpaired) electrons. The van der Waals surface area contributed by atoms with Crippen molar-refractivity contribution in [2.24, 2.45) is 0 Å². The summed E-state index contributed by atoms with van der Waals surface area (Å²) in [5, 5.41) is 5.38. The maximum atomic E-state index is 12.9. The lowest BCUT2D eigenvalue weighted by Gasteiger charge is -2.27. The second-order valence-corrected chi connectivity index (χ2v) is 8.35. The zero-order valence-corrected chi connectivity index (χ0v) is 18.3. The summed E-state index contributed by atoms with van der Waals surface area (Å²) in [7, 11) is 0. The minimum absolute atomic E-state index is 0.0663. The van der Waals surface area contributed by atoms with Crippen molar-refractivity contribution >= 4 is 16.7 Å². The molecule has 3 aromatic carbocycles. The Bertz CT molecular complexity index is 1010. The van der Waals surface area contributed by atoms with Crippen molar-refractivity contribution in [1.82, 2.24) is 10.2 Å². The molecule has 1 amide bonds. The van der Waals surface area contributed by atoms with Gasteiger partial charge in [0.25, 0.3) is 5.91 Å². The largest absolute Gasteiger partial charge is 0.481 e. The van der Waals surface area contributed by atoms with E-state index in [2.05, 4.69) is 40.5 Å². The molecule has 1 fully saturated rings. The van der Waals surface area contributed by atoms with Gasteiger partial charge in [-0.25, -0.2) is 0 Å². The number of likely N-dealkylation sites (tertiary alicyclic amines) is 1. The number of benzene rings is 3. The predicted molar refractivity (Wildman–Crippen MR) is 126 cm³/mol. The van der Waals surface area contributed by atoms with Gasteiger partial charge >= 0.3 is 0 Å². The zero-order chi connectivity index (χ0) is 21.5. The molecule has 0 aromatic heterocycles. The first-order valence-electron chi connectivity index (χ1n) is 11.5. The fourth-order valence-corrected chi connectivity index (χ4v) is 4.27. The molecule has 0 bridgehead atoms.